The number of alkyl halides is 3. The Kier molecular flexibility index (Phi) is 6.17. The Hall–Kier alpha value is -0.980. The molecule has 2 N–H and O–H groups in total. The van der Waals surface area contributed by atoms with Crippen LogP contribution >= 0.6 is 0 Å². The summed E-state index contributed by atoms with van der Waals surface area (Å²) in [4.78, 5) is 13.7. The molecule has 2 aliphatic rings. The fourth-order valence-electron chi connectivity index (χ4n) is 3.69. The summed E-state index contributed by atoms with van der Waals surface area (Å²) in [6.07, 6.45) is 0.209. The van der Waals surface area contributed by atoms with E-state index in [0.717, 1.165) is 25.7 Å². The molecular formula is C16H27F3N2O2. The predicted molar refractivity (Wildman–Crippen MR) is 80.9 cm³/mol. The molecular weight excluding hydrogens is 309 g/mol. The third-order valence-corrected chi connectivity index (χ3v) is 5.24. The largest absolute Gasteiger partial charge is 0.393 e. The Balaban J connectivity index is 1.74. The van der Waals surface area contributed by atoms with Gasteiger partial charge in [0.05, 0.1) is 12.0 Å². The van der Waals surface area contributed by atoms with Crippen molar-refractivity contribution in [2.75, 3.05) is 13.6 Å². The smallest absolute Gasteiger partial charge is 0.391 e. The summed E-state index contributed by atoms with van der Waals surface area (Å²) in [6.45, 7) is 0.491. The van der Waals surface area contributed by atoms with Gasteiger partial charge in [0.25, 0.3) is 0 Å². The first-order chi connectivity index (χ1) is 10.8. The number of hydrogen-bond acceptors (Lipinski definition) is 2. The Bertz CT molecular complexity index is 395. The molecule has 0 heterocycles. The van der Waals surface area contributed by atoms with Crippen molar-refractivity contribution in [1.82, 2.24) is 10.2 Å². The second kappa shape index (κ2) is 7.73. The summed E-state index contributed by atoms with van der Waals surface area (Å²) in [6, 6.07) is -0.432. The van der Waals surface area contributed by atoms with Crippen LogP contribution in [-0.2, 0) is 0 Å². The molecule has 134 valence electrons. The third kappa shape index (κ3) is 5.26. The molecule has 0 spiro atoms. The van der Waals surface area contributed by atoms with E-state index in [-0.39, 0.29) is 36.9 Å². The predicted octanol–water partition coefficient (Wildman–Crippen LogP) is 3.30. The van der Waals surface area contributed by atoms with Gasteiger partial charge in [-0.3, -0.25) is 0 Å². The highest BCUT2D eigenvalue weighted by Gasteiger charge is 2.41. The molecule has 2 aliphatic carbocycles. The van der Waals surface area contributed by atoms with E-state index in [4.69, 9.17) is 0 Å². The highest BCUT2D eigenvalue weighted by molar-refractivity contribution is 5.74. The van der Waals surface area contributed by atoms with Crippen molar-refractivity contribution in [2.45, 2.75) is 69.7 Å². The van der Waals surface area contributed by atoms with Crippen LogP contribution in [0.5, 0.6) is 0 Å². The maximum absolute atomic E-state index is 12.6. The molecule has 2 rings (SSSR count). The van der Waals surface area contributed by atoms with Crippen molar-refractivity contribution < 1.29 is 23.1 Å². The number of halogens is 3. The van der Waals surface area contributed by atoms with Crippen LogP contribution in [0, 0.1) is 11.8 Å². The second-order valence-electron chi connectivity index (χ2n) is 7.03. The minimum absolute atomic E-state index is 0.0828. The van der Waals surface area contributed by atoms with E-state index in [1.807, 2.05) is 0 Å². The number of nitrogens with zero attached hydrogens (tertiary/aromatic N) is 1. The molecule has 0 aliphatic heterocycles. The Labute approximate surface area is 135 Å². The van der Waals surface area contributed by atoms with Crippen LogP contribution in [0.15, 0.2) is 0 Å². The first kappa shape index (κ1) is 18.4. The zero-order chi connectivity index (χ0) is 17.0. The first-order valence-electron chi connectivity index (χ1n) is 8.53. The Morgan fingerprint density at radius 1 is 1.13 bits per heavy atom. The van der Waals surface area contributed by atoms with Gasteiger partial charge in [-0.25, -0.2) is 4.79 Å². The summed E-state index contributed by atoms with van der Waals surface area (Å²) in [5, 5.41) is 12.8. The normalized spacial score (nSPS) is 32.4. The molecule has 0 aromatic heterocycles. The van der Waals surface area contributed by atoms with Gasteiger partial charge in [0.2, 0.25) is 0 Å². The number of rotatable bonds is 3. The topological polar surface area (TPSA) is 52.6 Å². The standard InChI is InChI=1S/C16H27F3N2O2/c1-21(10-11-4-2-3-5-14(11)22)15(23)20-13-8-6-12(7-9-13)16(17,18)19/h11-14,22H,2-10H2,1H3,(H,20,23)/t11-,12?,13?,14+/m0/s1. The van der Waals surface area contributed by atoms with Crippen molar-refractivity contribution in [3.05, 3.63) is 0 Å². The van der Waals surface area contributed by atoms with E-state index in [2.05, 4.69) is 5.32 Å². The number of aliphatic hydroxyl groups excluding tert-OH is 1. The van der Waals surface area contributed by atoms with Crippen LogP contribution < -0.4 is 5.32 Å². The summed E-state index contributed by atoms with van der Waals surface area (Å²) in [5.74, 6) is -1.13. The molecule has 2 amide bonds. The minimum atomic E-state index is -4.12. The molecule has 0 aromatic carbocycles. The average molecular weight is 336 g/mol. The zero-order valence-corrected chi connectivity index (χ0v) is 13.6. The van der Waals surface area contributed by atoms with E-state index in [1.165, 1.54) is 0 Å². The van der Waals surface area contributed by atoms with Crippen LogP contribution in [-0.4, -0.2) is 48.0 Å². The maximum atomic E-state index is 12.6. The molecule has 0 aromatic rings. The Morgan fingerprint density at radius 3 is 2.30 bits per heavy atom. The maximum Gasteiger partial charge on any atom is 0.391 e. The van der Waals surface area contributed by atoms with Gasteiger partial charge in [0.1, 0.15) is 0 Å². The lowest BCUT2D eigenvalue weighted by molar-refractivity contribution is -0.182. The van der Waals surface area contributed by atoms with Crippen LogP contribution in [0.1, 0.15) is 51.4 Å². The second-order valence-corrected chi connectivity index (χ2v) is 7.03. The highest BCUT2D eigenvalue weighted by atomic mass is 19.4. The number of carbonyl (C=O) groups is 1. The fraction of sp³-hybridized carbons (Fsp3) is 0.938. The molecule has 0 radical (unpaired) electrons. The van der Waals surface area contributed by atoms with Gasteiger partial charge in [0.15, 0.2) is 0 Å². The van der Waals surface area contributed by atoms with E-state index >= 15 is 0 Å². The molecule has 2 saturated carbocycles. The van der Waals surface area contributed by atoms with E-state index < -0.39 is 12.1 Å². The Morgan fingerprint density at radius 2 is 1.74 bits per heavy atom. The van der Waals surface area contributed by atoms with Gasteiger partial charge < -0.3 is 15.3 Å². The van der Waals surface area contributed by atoms with E-state index in [1.54, 1.807) is 11.9 Å². The number of aliphatic hydroxyl groups is 1. The molecule has 4 nitrogen and oxygen atoms in total. The number of amides is 2. The van der Waals surface area contributed by atoms with Crippen molar-refractivity contribution >= 4 is 6.03 Å². The van der Waals surface area contributed by atoms with Crippen molar-refractivity contribution in [3.63, 3.8) is 0 Å². The van der Waals surface area contributed by atoms with Crippen molar-refractivity contribution in [3.8, 4) is 0 Å². The van der Waals surface area contributed by atoms with Gasteiger partial charge in [-0.15, -0.1) is 0 Å². The lowest BCUT2D eigenvalue weighted by atomic mass is 9.85. The molecule has 0 unspecified atom stereocenters. The molecule has 23 heavy (non-hydrogen) atoms. The monoisotopic (exact) mass is 336 g/mol. The van der Waals surface area contributed by atoms with E-state index in [0.29, 0.717) is 19.4 Å². The molecule has 0 saturated heterocycles. The minimum Gasteiger partial charge on any atom is -0.393 e. The van der Waals surface area contributed by atoms with Crippen LogP contribution in [0.2, 0.25) is 0 Å². The number of urea groups is 1. The molecule has 7 heteroatoms. The van der Waals surface area contributed by atoms with Gasteiger partial charge in [-0.1, -0.05) is 12.8 Å². The lowest BCUT2D eigenvalue weighted by Gasteiger charge is -2.34. The number of nitrogens with one attached hydrogen (secondary N) is 1. The van der Waals surface area contributed by atoms with Crippen LogP contribution in [0.4, 0.5) is 18.0 Å². The number of hydrogen-bond donors (Lipinski definition) is 2. The van der Waals surface area contributed by atoms with Gasteiger partial charge in [-0.2, -0.15) is 13.2 Å². The summed E-state index contributed by atoms with van der Waals surface area (Å²) in [7, 11) is 1.68. The van der Waals surface area contributed by atoms with Gasteiger partial charge in [0, 0.05) is 25.6 Å². The van der Waals surface area contributed by atoms with Crippen LogP contribution in [0.3, 0.4) is 0 Å². The van der Waals surface area contributed by atoms with Gasteiger partial charge >= 0.3 is 12.2 Å². The quantitative estimate of drug-likeness (QED) is 0.831. The first-order valence-corrected chi connectivity index (χ1v) is 8.53. The summed E-state index contributed by atoms with van der Waals surface area (Å²) >= 11 is 0. The third-order valence-electron chi connectivity index (χ3n) is 5.24. The number of carbonyl (C=O) groups excluding carboxylic acids is 1. The van der Waals surface area contributed by atoms with Crippen molar-refractivity contribution in [2.24, 2.45) is 11.8 Å². The molecule has 2 fully saturated rings. The fourth-order valence-corrected chi connectivity index (χ4v) is 3.69. The highest BCUT2D eigenvalue weighted by Crippen LogP contribution is 2.37. The summed E-state index contributed by atoms with van der Waals surface area (Å²) < 4.78 is 37.9. The molecule has 0 bridgehead atoms. The van der Waals surface area contributed by atoms with Gasteiger partial charge in [-0.05, 0) is 38.5 Å². The lowest BCUT2D eigenvalue weighted by Crippen LogP contribution is -2.47. The summed E-state index contributed by atoms with van der Waals surface area (Å²) in [5.41, 5.74) is 0. The van der Waals surface area contributed by atoms with Crippen LogP contribution in [0.25, 0.3) is 0 Å². The molecule has 2 atom stereocenters. The average Bonchev–Trinajstić information content (AvgIpc) is 2.49. The SMILES string of the molecule is CN(C[C@@H]1CCCC[C@H]1O)C(=O)NC1CCC(C(F)(F)F)CC1. The van der Waals surface area contributed by atoms with E-state index in [9.17, 15) is 23.1 Å². The van der Waals surface area contributed by atoms with Crippen molar-refractivity contribution in [1.29, 1.82) is 0 Å². The zero-order valence-electron chi connectivity index (χ0n) is 13.6.